The number of phenols is 1. The van der Waals surface area contributed by atoms with Gasteiger partial charge in [-0.1, -0.05) is 11.6 Å². The molecule has 0 bridgehead atoms. The molecule has 16 heavy (non-hydrogen) atoms. The highest BCUT2D eigenvalue weighted by molar-refractivity contribution is 6.37. The Morgan fingerprint density at radius 2 is 1.94 bits per heavy atom. The third-order valence-electron chi connectivity index (χ3n) is 1.81. The van der Waals surface area contributed by atoms with E-state index in [-0.39, 0.29) is 5.56 Å². The quantitative estimate of drug-likeness (QED) is 0.661. The van der Waals surface area contributed by atoms with E-state index in [9.17, 15) is 18.0 Å². The molecule has 0 aromatic heterocycles. The molecule has 0 aliphatic rings. The SMILES string of the molecule is O=C(CCl)c1cc(O)c(C(F)(F)F)cc1Cl. The van der Waals surface area contributed by atoms with E-state index in [4.69, 9.17) is 28.3 Å². The van der Waals surface area contributed by atoms with Crippen molar-refractivity contribution in [3.8, 4) is 5.75 Å². The number of Topliss-reactive ketones (excluding diaryl/α,β-unsaturated/α-hetero) is 1. The Hall–Kier alpha value is -0.940. The van der Waals surface area contributed by atoms with Crippen LogP contribution in [0.3, 0.4) is 0 Å². The van der Waals surface area contributed by atoms with Crippen LogP contribution in [0.2, 0.25) is 5.02 Å². The van der Waals surface area contributed by atoms with Gasteiger partial charge < -0.3 is 5.11 Å². The lowest BCUT2D eigenvalue weighted by Crippen LogP contribution is -2.08. The van der Waals surface area contributed by atoms with Crippen LogP contribution in [0.15, 0.2) is 12.1 Å². The Morgan fingerprint density at radius 1 is 1.38 bits per heavy atom. The van der Waals surface area contributed by atoms with Crippen molar-refractivity contribution < 1.29 is 23.1 Å². The number of hydrogen-bond acceptors (Lipinski definition) is 2. The number of carbonyl (C=O) groups is 1. The van der Waals surface area contributed by atoms with E-state index in [1.54, 1.807) is 0 Å². The van der Waals surface area contributed by atoms with Crippen LogP contribution in [0, 0.1) is 0 Å². The number of ketones is 1. The van der Waals surface area contributed by atoms with E-state index < -0.39 is 34.2 Å². The molecule has 88 valence electrons. The first-order chi connectivity index (χ1) is 7.27. The fourth-order valence-corrected chi connectivity index (χ4v) is 1.49. The summed E-state index contributed by atoms with van der Waals surface area (Å²) in [4.78, 5) is 11.1. The Labute approximate surface area is 98.6 Å². The number of aromatic hydroxyl groups is 1. The minimum Gasteiger partial charge on any atom is -0.507 e. The van der Waals surface area contributed by atoms with Crippen molar-refractivity contribution in [3.63, 3.8) is 0 Å². The lowest BCUT2D eigenvalue weighted by atomic mass is 10.1. The zero-order valence-electron chi connectivity index (χ0n) is 7.61. The first-order valence-electron chi connectivity index (χ1n) is 3.96. The van der Waals surface area contributed by atoms with E-state index in [0.29, 0.717) is 12.1 Å². The average molecular weight is 273 g/mol. The van der Waals surface area contributed by atoms with Crippen molar-refractivity contribution in [3.05, 3.63) is 28.3 Å². The maximum Gasteiger partial charge on any atom is 0.420 e. The minimum atomic E-state index is -4.73. The number of alkyl halides is 4. The molecule has 0 amide bonds. The minimum absolute atomic E-state index is 0.234. The zero-order chi connectivity index (χ0) is 12.5. The molecule has 0 saturated carbocycles. The summed E-state index contributed by atoms with van der Waals surface area (Å²) in [6, 6.07) is 1.16. The molecule has 7 heteroatoms. The molecule has 0 spiro atoms. The standard InChI is InChI=1S/C9H5Cl2F3O2/c10-3-8(16)4-1-7(15)5(2-6(4)11)9(12,13)14/h1-2,15H,3H2. The van der Waals surface area contributed by atoms with Gasteiger partial charge in [-0.3, -0.25) is 4.79 Å². The molecule has 0 aliphatic heterocycles. The average Bonchev–Trinajstić information content (AvgIpc) is 2.18. The van der Waals surface area contributed by atoms with Crippen molar-refractivity contribution >= 4 is 29.0 Å². The van der Waals surface area contributed by atoms with Crippen molar-refractivity contribution in [2.75, 3.05) is 5.88 Å². The molecule has 2 nitrogen and oxygen atoms in total. The Bertz CT molecular complexity index is 429. The lowest BCUT2D eigenvalue weighted by Gasteiger charge is -2.11. The number of hydrogen-bond donors (Lipinski definition) is 1. The van der Waals surface area contributed by atoms with Crippen LogP contribution in [0.1, 0.15) is 15.9 Å². The van der Waals surface area contributed by atoms with Gasteiger partial charge in [-0.2, -0.15) is 13.2 Å². The van der Waals surface area contributed by atoms with Gasteiger partial charge in [0, 0.05) is 5.56 Å². The highest BCUT2D eigenvalue weighted by Crippen LogP contribution is 2.38. The molecule has 1 aromatic carbocycles. The second kappa shape index (κ2) is 4.51. The molecule has 0 atom stereocenters. The smallest absolute Gasteiger partial charge is 0.420 e. The van der Waals surface area contributed by atoms with Gasteiger partial charge in [0.1, 0.15) is 5.75 Å². The van der Waals surface area contributed by atoms with Crippen molar-refractivity contribution in [2.24, 2.45) is 0 Å². The first kappa shape index (κ1) is 13.1. The molecule has 0 aliphatic carbocycles. The highest BCUT2D eigenvalue weighted by Gasteiger charge is 2.35. The highest BCUT2D eigenvalue weighted by atomic mass is 35.5. The summed E-state index contributed by atoms with van der Waals surface area (Å²) in [5, 5.41) is 8.73. The molecule has 1 aromatic rings. The maximum absolute atomic E-state index is 12.3. The van der Waals surface area contributed by atoms with Gasteiger partial charge in [-0.05, 0) is 12.1 Å². The third kappa shape index (κ3) is 2.59. The molecular formula is C9H5Cl2F3O2. The maximum atomic E-state index is 12.3. The lowest BCUT2D eigenvalue weighted by molar-refractivity contribution is -0.138. The first-order valence-corrected chi connectivity index (χ1v) is 4.87. The van der Waals surface area contributed by atoms with Crippen LogP contribution in [-0.4, -0.2) is 16.8 Å². The van der Waals surface area contributed by atoms with Gasteiger partial charge in [-0.25, -0.2) is 0 Å². The van der Waals surface area contributed by atoms with Crippen molar-refractivity contribution in [1.29, 1.82) is 0 Å². The number of halogens is 5. The van der Waals surface area contributed by atoms with Crippen molar-refractivity contribution in [1.82, 2.24) is 0 Å². The second-order valence-electron chi connectivity index (χ2n) is 2.90. The summed E-state index contributed by atoms with van der Waals surface area (Å²) in [5.41, 5.74) is -1.52. The molecule has 0 heterocycles. The van der Waals surface area contributed by atoms with E-state index in [0.717, 1.165) is 0 Å². The topological polar surface area (TPSA) is 37.3 Å². The summed E-state index contributed by atoms with van der Waals surface area (Å²) in [6.45, 7) is 0. The molecule has 1 rings (SSSR count). The van der Waals surface area contributed by atoms with Crippen LogP contribution >= 0.6 is 23.2 Å². The fourth-order valence-electron chi connectivity index (χ4n) is 1.07. The molecule has 0 unspecified atom stereocenters. The van der Waals surface area contributed by atoms with E-state index >= 15 is 0 Å². The third-order valence-corrected chi connectivity index (χ3v) is 2.37. The van der Waals surface area contributed by atoms with E-state index in [2.05, 4.69) is 0 Å². The summed E-state index contributed by atoms with van der Waals surface area (Å²) in [7, 11) is 0. The normalized spacial score (nSPS) is 11.6. The number of rotatable bonds is 2. The van der Waals surface area contributed by atoms with Crippen LogP contribution in [0.5, 0.6) is 5.75 Å². The Morgan fingerprint density at radius 3 is 2.38 bits per heavy atom. The van der Waals surface area contributed by atoms with Gasteiger partial charge >= 0.3 is 6.18 Å². The summed E-state index contributed by atoms with van der Waals surface area (Å²) >= 11 is 10.7. The van der Waals surface area contributed by atoms with Gasteiger partial charge in [-0.15, -0.1) is 11.6 Å². The van der Waals surface area contributed by atoms with Crippen LogP contribution in [-0.2, 0) is 6.18 Å². The van der Waals surface area contributed by atoms with E-state index in [1.165, 1.54) is 0 Å². The van der Waals surface area contributed by atoms with Gasteiger partial charge in [0.05, 0.1) is 16.5 Å². The molecule has 0 fully saturated rings. The monoisotopic (exact) mass is 272 g/mol. The van der Waals surface area contributed by atoms with Crippen LogP contribution < -0.4 is 0 Å². The van der Waals surface area contributed by atoms with Gasteiger partial charge in [0.25, 0.3) is 0 Å². The molecular weight excluding hydrogens is 268 g/mol. The Kier molecular flexibility index (Phi) is 3.70. The van der Waals surface area contributed by atoms with Crippen LogP contribution in [0.25, 0.3) is 0 Å². The Balaban J connectivity index is 3.33. The largest absolute Gasteiger partial charge is 0.507 e. The predicted molar refractivity (Wildman–Crippen MR) is 53.2 cm³/mol. The second-order valence-corrected chi connectivity index (χ2v) is 3.58. The van der Waals surface area contributed by atoms with E-state index in [1.807, 2.05) is 0 Å². The summed E-state index contributed by atoms with van der Waals surface area (Å²) in [5.74, 6) is -2.13. The number of benzene rings is 1. The molecule has 0 saturated heterocycles. The van der Waals surface area contributed by atoms with Crippen LogP contribution in [0.4, 0.5) is 13.2 Å². The molecule has 1 N–H and O–H groups in total. The van der Waals surface area contributed by atoms with Gasteiger partial charge in [0.2, 0.25) is 0 Å². The zero-order valence-corrected chi connectivity index (χ0v) is 9.12. The number of carbonyl (C=O) groups excluding carboxylic acids is 1. The summed E-state index contributed by atoms with van der Waals surface area (Å²) in [6.07, 6.45) is -4.73. The van der Waals surface area contributed by atoms with Crippen molar-refractivity contribution in [2.45, 2.75) is 6.18 Å². The fraction of sp³-hybridized carbons (Fsp3) is 0.222. The molecule has 0 radical (unpaired) electrons. The number of phenolic OH excluding ortho intramolecular Hbond substituents is 1. The predicted octanol–water partition coefficient (Wildman–Crippen LogP) is 3.49. The summed E-state index contributed by atoms with van der Waals surface area (Å²) < 4.78 is 36.9. The van der Waals surface area contributed by atoms with Gasteiger partial charge in [0.15, 0.2) is 5.78 Å².